The van der Waals surface area contributed by atoms with Crippen molar-refractivity contribution in [2.24, 2.45) is 4.99 Å². The third kappa shape index (κ3) is 3.70. The fourth-order valence-corrected chi connectivity index (χ4v) is 5.96. The molecule has 1 aromatic heterocycles. The van der Waals surface area contributed by atoms with Crippen LogP contribution in [-0.2, 0) is 6.42 Å². The lowest BCUT2D eigenvalue weighted by Crippen LogP contribution is -2.38. The predicted molar refractivity (Wildman–Crippen MR) is 139 cm³/mol. The SMILES string of the molecule is COc1ccc(/C=c2\sc3n(c2=O)[C@H](c2ccc(OC)cc2)C2=C(N=3)c3ccccc3CC2)cc1. The molecule has 6 rings (SSSR count). The molecule has 0 N–H and O–H groups in total. The van der Waals surface area contributed by atoms with Gasteiger partial charge in [-0.3, -0.25) is 9.36 Å². The number of benzene rings is 3. The number of fused-ring (bicyclic) bond motifs is 3. The number of methoxy groups -OCH3 is 2. The van der Waals surface area contributed by atoms with Crippen molar-refractivity contribution in [2.45, 2.75) is 18.9 Å². The molecule has 0 unspecified atom stereocenters. The number of thiazole rings is 1. The summed E-state index contributed by atoms with van der Waals surface area (Å²) in [4.78, 5) is 19.6. The number of aromatic nitrogens is 1. The van der Waals surface area contributed by atoms with E-state index in [2.05, 4.69) is 36.4 Å². The zero-order valence-electron chi connectivity index (χ0n) is 19.5. The lowest BCUT2D eigenvalue weighted by atomic mass is 9.83. The summed E-state index contributed by atoms with van der Waals surface area (Å²) in [6.45, 7) is 0. The minimum atomic E-state index is -0.196. The van der Waals surface area contributed by atoms with E-state index in [-0.39, 0.29) is 11.6 Å². The fraction of sp³-hybridized carbons (Fsp3) is 0.172. The van der Waals surface area contributed by atoms with Crippen molar-refractivity contribution in [1.29, 1.82) is 0 Å². The molecule has 0 fully saturated rings. The Balaban J connectivity index is 1.58. The Kier molecular flexibility index (Phi) is 5.38. The number of nitrogens with zero attached hydrogens (tertiary/aromatic N) is 2. The highest BCUT2D eigenvalue weighted by Gasteiger charge is 2.32. The van der Waals surface area contributed by atoms with E-state index in [1.807, 2.05) is 47.0 Å². The summed E-state index contributed by atoms with van der Waals surface area (Å²) in [6.07, 6.45) is 3.74. The van der Waals surface area contributed by atoms with Crippen molar-refractivity contribution in [2.75, 3.05) is 14.2 Å². The fourth-order valence-electron chi connectivity index (χ4n) is 4.96. The van der Waals surface area contributed by atoms with Gasteiger partial charge in [0.15, 0.2) is 4.80 Å². The van der Waals surface area contributed by atoms with Gasteiger partial charge in [0.1, 0.15) is 11.5 Å². The molecule has 174 valence electrons. The Morgan fingerprint density at radius 3 is 2.31 bits per heavy atom. The van der Waals surface area contributed by atoms with E-state index in [0.717, 1.165) is 46.0 Å². The molecule has 0 spiro atoms. The van der Waals surface area contributed by atoms with Crippen LogP contribution < -0.4 is 24.4 Å². The molecule has 0 amide bonds. The van der Waals surface area contributed by atoms with Gasteiger partial charge in [-0.15, -0.1) is 0 Å². The summed E-state index contributed by atoms with van der Waals surface area (Å²) in [5, 5.41) is 0. The lowest BCUT2D eigenvalue weighted by molar-refractivity contribution is 0.414. The average molecular weight is 481 g/mol. The van der Waals surface area contributed by atoms with Gasteiger partial charge in [0.25, 0.3) is 5.56 Å². The number of hydrogen-bond acceptors (Lipinski definition) is 5. The molecule has 1 atom stereocenters. The van der Waals surface area contributed by atoms with Crippen molar-refractivity contribution >= 4 is 23.1 Å². The van der Waals surface area contributed by atoms with E-state index in [4.69, 9.17) is 14.5 Å². The van der Waals surface area contributed by atoms with E-state index in [9.17, 15) is 4.79 Å². The molecular formula is C29H24N2O3S. The molecule has 0 saturated heterocycles. The molecule has 3 aromatic carbocycles. The summed E-state index contributed by atoms with van der Waals surface area (Å²) in [6, 6.07) is 24.0. The van der Waals surface area contributed by atoms with Crippen molar-refractivity contribution in [3.8, 4) is 11.5 Å². The van der Waals surface area contributed by atoms with Crippen molar-refractivity contribution in [3.05, 3.63) is 120 Å². The maximum absolute atomic E-state index is 13.8. The second-order valence-electron chi connectivity index (χ2n) is 8.66. The Morgan fingerprint density at radius 2 is 1.60 bits per heavy atom. The normalized spacial score (nSPS) is 16.7. The van der Waals surface area contributed by atoms with Gasteiger partial charge in [-0.25, -0.2) is 4.99 Å². The third-order valence-corrected chi connectivity index (χ3v) is 7.70. The first-order chi connectivity index (χ1) is 17.2. The average Bonchev–Trinajstić information content (AvgIpc) is 3.22. The van der Waals surface area contributed by atoms with E-state index in [1.54, 1.807) is 14.2 Å². The van der Waals surface area contributed by atoms with Gasteiger partial charge in [0.05, 0.1) is 30.5 Å². The van der Waals surface area contributed by atoms with Gasteiger partial charge in [0, 0.05) is 5.56 Å². The minimum absolute atomic E-state index is 0.0178. The molecule has 6 heteroatoms. The maximum Gasteiger partial charge on any atom is 0.271 e. The Labute approximate surface area is 206 Å². The Morgan fingerprint density at radius 1 is 0.914 bits per heavy atom. The molecule has 35 heavy (non-hydrogen) atoms. The molecular weight excluding hydrogens is 456 g/mol. The zero-order valence-corrected chi connectivity index (χ0v) is 20.3. The van der Waals surface area contributed by atoms with Crippen molar-refractivity contribution in [3.63, 3.8) is 0 Å². The molecule has 5 nitrogen and oxygen atoms in total. The first-order valence-electron chi connectivity index (χ1n) is 11.6. The smallest absolute Gasteiger partial charge is 0.271 e. The van der Waals surface area contributed by atoms with Crippen LogP contribution in [0.25, 0.3) is 11.8 Å². The summed E-state index contributed by atoms with van der Waals surface area (Å²) in [5.41, 5.74) is 6.66. The second kappa shape index (κ2) is 8.71. The quantitative estimate of drug-likeness (QED) is 0.437. The van der Waals surface area contributed by atoms with Crippen LogP contribution >= 0.6 is 11.3 Å². The second-order valence-corrected chi connectivity index (χ2v) is 9.67. The number of hydrogen-bond donors (Lipinski definition) is 0. The largest absolute Gasteiger partial charge is 0.497 e. The van der Waals surface area contributed by atoms with Crippen LogP contribution in [0.15, 0.2) is 88.2 Å². The van der Waals surface area contributed by atoms with Crippen molar-refractivity contribution in [1.82, 2.24) is 4.57 Å². The number of rotatable bonds is 4. The van der Waals surface area contributed by atoms with Crippen LogP contribution in [-0.4, -0.2) is 18.8 Å². The van der Waals surface area contributed by atoms with E-state index < -0.39 is 0 Å². The van der Waals surface area contributed by atoms with Crippen LogP contribution in [0.4, 0.5) is 0 Å². The summed E-state index contributed by atoms with van der Waals surface area (Å²) in [7, 11) is 3.31. The zero-order chi connectivity index (χ0) is 23.9. The molecule has 1 aliphatic carbocycles. The van der Waals surface area contributed by atoms with E-state index in [1.165, 1.54) is 28.0 Å². The summed E-state index contributed by atoms with van der Waals surface area (Å²) in [5.74, 6) is 1.58. The van der Waals surface area contributed by atoms with Crippen molar-refractivity contribution < 1.29 is 9.47 Å². The topological polar surface area (TPSA) is 52.8 Å². The Hall–Kier alpha value is -3.90. The highest BCUT2D eigenvalue weighted by Crippen LogP contribution is 2.41. The summed E-state index contributed by atoms with van der Waals surface area (Å²) < 4.78 is 13.2. The van der Waals surface area contributed by atoms with Crippen LogP contribution in [0.1, 0.15) is 34.7 Å². The van der Waals surface area contributed by atoms with E-state index >= 15 is 0 Å². The molecule has 1 aliphatic heterocycles. The standard InChI is InChI=1S/C29H24N2O3S/c1-33-21-12-7-18(8-13-21)17-25-28(32)31-27(20-9-14-22(34-2)15-10-20)24-16-11-19-5-3-4-6-23(19)26(24)30-29(31)35-25/h3-10,12-15,17,27H,11,16H2,1-2H3/b25-17-/t27-/m1/s1. The van der Waals surface area contributed by atoms with Crippen LogP contribution in [0, 0.1) is 0 Å². The highest BCUT2D eigenvalue weighted by molar-refractivity contribution is 7.07. The molecule has 2 heterocycles. The Bertz CT molecular complexity index is 1630. The van der Waals surface area contributed by atoms with Crippen LogP contribution in [0.2, 0.25) is 0 Å². The van der Waals surface area contributed by atoms with Gasteiger partial charge in [-0.05, 0) is 65.4 Å². The number of aryl methyl sites for hydroxylation is 1. The molecule has 2 aliphatic rings. The van der Waals surface area contributed by atoms with Gasteiger partial charge in [-0.2, -0.15) is 0 Å². The monoisotopic (exact) mass is 480 g/mol. The third-order valence-electron chi connectivity index (χ3n) is 6.72. The number of ether oxygens (including phenoxy) is 2. The number of allylic oxidation sites excluding steroid dienone is 1. The molecule has 0 saturated carbocycles. The summed E-state index contributed by atoms with van der Waals surface area (Å²) >= 11 is 1.44. The van der Waals surface area contributed by atoms with Gasteiger partial charge in [0.2, 0.25) is 0 Å². The van der Waals surface area contributed by atoms with E-state index in [0.29, 0.717) is 4.53 Å². The van der Waals surface area contributed by atoms with Gasteiger partial charge >= 0.3 is 0 Å². The minimum Gasteiger partial charge on any atom is -0.497 e. The molecule has 0 bridgehead atoms. The molecule has 4 aromatic rings. The maximum atomic E-state index is 13.8. The predicted octanol–water partition coefficient (Wildman–Crippen LogP) is 4.34. The van der Waals surface area contributed by atoms with Gasteiger partial charge in [-0.1, -0.05) is 59.9 Å². The molecule has 0 radical (unpaired) electrons. The first kappa shape index (κ1) is 21.6. The lowest BCUT2D eigenvalue weighted by Gasteiger charge is -2.30. The highest BCUT2D eigenvalue weighted by atomic mass is 32.1. The van der Waals surface area contributed by atoms with Crippen LogP contribution in [0.5, 0.6) is 11.5 Å². The van der Waals surface area contributed by atoms with Crippen LogP contribution in [0.3, 0.4) is 0 Å². The first-order valence-corrected chi connectivity index (χ1v) is 12.4. The van der Waals surface area contributed by atoms with Gasteiger partial charge < -0.3 is 9.47 Å².